The van der Waals surface area contributed by atoms with Crippen LogP contribution in [0.3, 0.4) is 0 Å². The Kier molecular flexibility index (Phi) is 5.40. The third-order valence-electron chi connectivity index (χ3n) is 6.69. The van der Waals surface area contributed by atoms with Crippen LogP contribution in [0.4, 0.5) is 5.69 Å². The van der Waals surface area contributed by atoms with Gasteiger partial charge in [-0.05, 0) is 49.9 Å². The van der Waals surface area contributed by atoms with Crippen LogP contribution in [0.15, 0.2) is 58.1 Å². The molecule has 0 unspecified atom stereocenters. The van der Waals surface area contributed by atoms with Crippen molar-refractivity contribution >= 4 is 33.5 Å². The second-order valence-corrected chi connectivity index (χ2v) is 9.36. The van der Waals surface area contributed by atoms with Crippen LogP contribution in [0.2, 0.25) is 0 Å². The van der Waals surface area contributed by atoms with Crippen LogP contribution in [-0.4, -0.2) is 30.2 Å². The highest BCUT2D eigenvalue weighted by molar-refractivity contribution is 6.06. The van der Waals surface area contributed by atoms with Crippen molar-refractivity contribution in [1.82, 2.24) is 24.3 Å². The van der Waals surface area contributed by atoms with Crippen LogP contribution in [0.1, 0.15) is 48.5 Å². The van der Waals surface area contributed by atoms with Gasteiger partial charge in [0, 0.05) is 17.0 Å². The smallest absolute Gasteiger partial charge is 0.278 e. The third-order valence-corrected chi connectivity index (χ3v) is 6.69. The fourth-order valence-electron chi connectivity index (χ4n) is 4.66. The summed E-state index contributed by atoms with van der Waals surface area (Å²) in [5.74, 6) is 1.21. The monoisotopic (exact) mass is 482 g/mol. The number of benzene rings is 2. The van der Waals surface area contributed by atoms with Gasteiger partial charge in [-0.25, -0.2) is 4.98 Å². The molecule has 0 atom stereocenters. The van der Waals surface area contributed by atoms with Crippen molar-refractivity contribution in [2.24, 2.45) is 0 Å². The molecule has 3 heterocycles. The van der Waals surface area contributed by atoms with Crippen LogP contribution in [0.25, 0.3) is 21.9 Å². The van der Waals surface area contributed by atoms with Crippen LogP contribution in [0.5, 0.6) is 0 Å². The summed E-state index contributed by atoms with van der Waals surface area (Å²) in [4.78, 5) is 35.9. The zero-order chi connectivity index (χ0) is 24.8. The first kappa shape index (κ1) is 22.2. The van der Waals surface area contributed by atoms with Gasteiger partial charge in [0.05, 0.1) is 11.8 Å². The van der Waals surface area contributed by atoms with E-state index in [9.17, 15) is 9.59 Å². The lowest BCUT2D eigenvalue weighted by atomic mass is 10.1. The molecular formula is C27H26N6O3. The van der Waals surface area contributed by atoms with E-state index >= 15 is 0 Å². The first-order valence-electron chi connectivity index (χ1n) is 12.2. The van der Waals surface area contributed by atoms with Crippen molar-refractivity contribution in [3.63, 3.8) is 0 Å². The highest BCUT2D eigenvalue weighted by Crippen LogP contribution is 2.38. The summed E-state index contributed by atoms with van der Waals surface area (Å²) >= 11 is 0. The van der Waals surface area contributed by atoms with Gasteiger partial charge >= 0.3 is 0 Å². The van der Waals surface area contributed by atoms with Gasteiger partial charge < -0.3 is 14.4 Å². The fourth-order valence-corrected chi connectivity index (χ4v) is 4.66. The van der Waals surface area contributed by atoms with E-state index < -0.39 is 0 Å². The quantitative estimate of drug-likeness (QED) is 0.373. The topological polar surface area (TPSA) is 108 Å². The molecule has 1 fully saturated rings. The molecule has 2 aromatic carbocycles. The first-order chi connectivity index (χ1) is 17.5. The van der Waals surface area contributed by atoms with Crippen molar-refractivity contribution in [2.75, 3.05) is 5.32 Å². The zero-order valence-corrected chi connectivity index (χ0v) is 20.2. The van der Waals surface area contributed by atoms with E-state index in [1.807, 2.05) is 56.3 Å². The lowest BCUT2D eigenvalue weighted by Crippen LogP contribution is -2.25. The molecule has 36 heavy (non-hydrogen) atoms. The Balaban J connectivity index is 1.41. The number of aromatic nitrogens is 5. The standard InChI is InChI=1S/C27H26N6O3/c1-3-17-6-4-5-7-20(17)29-22(34)13-33-21-11-8-16(2)12-19(21)24-25(33)27(35)32(15-28-24)14-23-30-26(31-36-23)18-9-10-18/h4-8,11-12,15,18H,3,9-10,13-14H2,1-2H3,(H,29,34). The number of nitrogens with one attached hydrogen (secondary N) is 1. The Bertz CT molecular complexity index is 1670. The SMILES string of the molecule is CCc1ccccc1NC(=O)Cn1c2ccc(C)cc2c2ncn(Cc3nc(C4CC4)no3)c(=O)c21. The average molecular weight is 483 g/mol. The van der Waals surface area contributed by atoms with Gasteiger partial charge in [0.1, 0.15) is 24.1 Å². The van der Waals surface area contributed by atoms with Crippen molar-refractivity contribution in [3.8, 4) is 0 Å². The van der Waals surface area contributed by atoms with Gasteiger partial charge in [0.2, 0.25) is 11.8 Å². The maximum absolute atomic E-state index is 13.7. The molecule has 0 spiro atoms. The third kappa shape index (κ3) is 3.96. The minimum absolute atomic E-state index is 0.0194. The van der Waals surface area contributed by atoms with Gasteiger partial charge in [-0.15, -0.1) is 0 Å². The molecule has 3 aromatic heterocycles. The Morgan fingerprint density at radius 3 is 2.83 bits per heavy atom. The minimum atomic E-state index is -0.262. The Morgan fingerprint density at radius 2 is 2.03 bits per heavy atom. The number of para-hydroxylation sites is 1. The highest BCUT2D eigenvalue weighted by Gasteiger charge is 2.29. The highest BCUT2D eigenvalue weighted by atomic mass is 16.5. The normalized spacial score (nSPS) is 13.5. The van der Waals surface area contributed by atoms with Gasteiger partial charge in [-0.3, -0.25) is 14.2 Å². The van der Waals surface area contributed by atoms with Gasteiger partial charge in [-0.1, -0.05) is 41.9 Å². The van der Waals surface area contributed by atoms with Gasteiger partial charge in [0.15, 0.2) is 5.82 Å². The number of rotatable bonds is 7. The Morgan fingerprint density at radius 1 is 1.19 bits per heavy atom. The number of aryl methyl sites for hydroxylation is 2. The number of fused-ring (bicyclic) bond motifs is 3. The molecule has 6 rings (SSSR count). The van der Waals surface area contributed by atoms with Crippen molar-refractivity contribution in [1.29, 1.82) is 0 Å². The Labute approximate surface area is 206 Å². The van der Waals surface area contributed by atoms with Crippen LogP contribution in [0, 0.1) is 6.92 Å². The number of anilines is 1. The van der Waals surface area contributed by atoms with E-state index in [-0.39, 0.29) is 24.6 Å². The summed E-state index contributed by atoms with van der Waals surface area (Å²) in [7, 11) is 0. The number of hydrogen-bond acceptors (Lipinski definition) is 6. The lowest BCUT2D eigenvalue weighted by molar-refractivity contribution is -0.116. The maximum atomic E-state index is 13.7. The molecule has 0 aliphatic heterocycles. The molecule has 9 nitrogen and oxygen atoms in total. The van der Waals surface area contributed by atoms with E-state index in [0.29, 0.717) is 28.7 Å². The van der Waals surface area contributed by atoms with Crippen LogP contribution < -0.4 is 10.9 Å². The lowest BCUT2D eigenvalue weighted by Gasteiger charge is -2.12. The molecule has 0 saturated heterocycles. The number of carbonyl (C=O) groups excluding carboxylic acids is 1. The van der Waals surface area contributed by atoms with E-state index in [2.05, 4.69) is 20.4 Å². The molecule has 1 amide bonds. The summed E-state index contributed by atoms with van der Waals surface area (Å²) < 4.78 is 8.59. The molecule has 5 aromatic rings. The molecule has 9 heteroatoms. The summed E-state index contributed by atoms with van der Waals surface area (Å²) in [5, 5.41) is 7.89. The maximum Gasteiger partial charge on any atom is 0.278 e. The minimum Gasteiger partial charge on any atom is -0.337 e. The molecule has 1 saturated carbocycles. The van der Waals surface area contributed by atoms with E-state index in [1.165, 1.54) is 10.9 Å². The molecule has 0 radical (unpaired) electrons. The Hall–Kier alpha value is -4.27. The number of amides is 1. The van der Waals surface area contributed by atoms with E-state index in [0.717, 1.165) is 47.0 Å². The second-order valence-electron chi connectivity index (χ2n) is 9.36. The largest absolute Gasteiger partial charge is 0.337 e. The summed E-state index contributed by atoms with van der Waals surface area (Å²) in [6, 6.07) is 13.6. The molecule has 1 aliphatic carbocycles. The summed E-state index contributed by atoms with van der Waals surface area (Å²) in [6.07, 6.45) is 4.45. The fraction of sp³-hybridized carbons (Fsp3) is 0.296. The van der Waals surface area contributed by atoms with E-state index in [1.54, 1.807) is 4.57 Å². The molecule has 1 N–H and O–H groups in total. The predicted molar refractivity (Wildman–Crippen MR) is 136 cm³/mol. The number of nitrogens with zero attached hydrogens (tertiary/aromatic N) is 5. The first-order valence-corrected chi connectivity index (χ1v) is 12.2. The molecule has 1 aliphatic rings. The molecular weight excluding hydrogens is 456 g/mol. The molecule has 182 valence electrons. The van der Waals surface area contributed by atoms with Crippen molar-refractivity contribution in [2.45, 2.75) is 52.1 Å². The zero-order valence-electron chi connectivity index (χ0n) is 20.2. The van der Waals surface area contributed by atoms with Gasteiger partial charge in [-0.2, -0.15) is 4.98 Å². The summed E-state index contributed by atoms with van der Waals surface area (Å²) in [6.45, 7) is 4.14. The number of hydrogen-bond donors (Lipinski definition) is 1. The molecule has 0 bridgehead atoms. The van der Waals surface area contributed by atoms with E-state index in [4.69, 9.17) is 4.52 Å². The average Bonchev–Trinajstić information content (AvgIpc) is 3.55. The van der Waals surface area contributed by atoms with Crippen molar-refractivity contribution < 1.29 is 9.32 Å². The van der Waals surface area contributed by atoms with Gasteiger partial charge in [0.25, 0.3) is 5.56 Å². The summed E-state index contributed by atoms with van der Waals surface area (Å²) in [5.41, 5.74) is 4.34. The van der Waals surface area contributed by atoms with Crippen LogP contribution in [-0.2, 0) is 24.3 Å². The predicted octanol–water partition coefficient (Wildman–Crippen LogP) is 4.17. The van der Waals surface area contributed by atoms with Crippen molar-refractivity contribution in [3.05, 3.63) is 82.0 Å². The number of carbonyl (C=O) groups is 1. The second kappa shape index (κ2) is 8.75. The van der Waals surface area contributed by atoms with Crippen LogP contribution >= 0.6 is 0 Å².